The number of nitrogens with zero attached hydrogens (tertiary/aromatic N) is 1. The maximum Gasteiger partial charge on any atom is 0.262 e. The van der Waals surface area contributed by atoms with Gasteiger partial charge in [0.15, 0.2) is 0 Å². The van der Waals surface area contributed by atoms with Gasteiger partial charge in [-0.05, 0) is 38.0 Å². The zero-order valence-corrected chi connectivity index (χ0v) is 20.4. The van der Waals surface area contributed by atoms with E-state index in [-0.39, 0.29) is 11.7 Å². The lowest BCUT2D eigenvalue weighted by Crippen LogP contribution is -2.38. The molecule has 1 N–H and O–H groups in total. The van der Waals surface area contributed by atoms with Crippen LogP contribution in [0.2, 0.25) is 0 Å². The van der Waals surface area contributed by atoms with Gasteiger partial charge in [0.05, 0.1) is 18.6 Å². The number of sulfonamides is 1. The summed E-state index contributed by atoms with van der Waals surface area (Å²) < 4.78 is 31.7. The minimum absolute atomic E-state index is 0.00235. The number of rotatable bonds is 10. The Labute approximate surface area is 200 Å². The molecule has 2 atom stereocenters. The Morgan fingerprint density at radius 2 is 1.97 bits per heavy atom. The van der Waals surface area contributed by atoms with E-state index in [4.69, 9.17) is 4.74 Å². The predicted molar refractivity (Wildman–Crippen MR) is 132 cm³/mol. The number of nitrogens with one attached hydrogen (secondary N) is 1. The van der Waals surface area contributed by atoms with Gasteiger partial charge < -0.3 is 9.30 Å². The van der Waals surface area contributed by atoms with Crippen molar-refractivity contribution in [1.29, 1.82) is 0 Å². The molecule has 0 bridgehead atoms. The highest BCUT2D eigenvalue weighted by Crippen LogP contribution is 2.19. The van der Waals surface area contributed by atoms with Crippen molar-refractivity contribution in [3.63, 3.8) is 0 Å². The number of amides is 1. The fourth-order valence-electron chi connectivity index (χ4n) is 3.47. The number of allylic oxidation sites excluding steroid dienone is 5. The number of aryl methyl sites for hydroxylation is 1. The summed E-state index contributed by atoms with van der Waals surface area (Å²) in [5, 5.41) is 0. The molecule has 1 aliphatic carbocycles. The molecule has 1 amide bonds. The van der Waals surface area contributed by atoms with Crippen LogP contribution >= 0.6 is 0 Å². The van der Waals surface area contributed by atoms with Crippen LogP contribution in [0.25, 0.3) is 0 Å². The molecule has 0 saturated heterocycles. The highest BCUT2D eigenvalue weighted by atomic mass is 32.2. The minimum atomic E-state index is -3.60. The van der Waals surface area contributed by atoms with Crippen molar-refractivity contribution < 1.29 is 22.7 Å². The fourth-order valence-corrected chi connectivity index (χ4v) is 4.00. The van der Waals surface area contributed by atoms with Gasteiger partial charge in [-0.3, -0.25) is 14.3 Å². The molecular weight excluding hydrogens is 452 g/mol. The van der Waals surface area contributed by atoms with Gasteiger partial charge in [0.2, 0.25) is 15.8 Å². The second kappa shape index (κ2) is 11.3. The average molecular weight is 483 g/mol. The second-order valence-corrected chi connectivity index (χ2v) is 10.2. The van der Waals surface area contributed by atoms with E-state index in [9.17, 15) is 18.0 Å². The molecule has 0 fully saturated rings. The molecule has 3 rings (SSSR count). The number of benzene rings is 1. The zero-order chi connectivity index (χ0) is 24.7. The summed E-state index contributed by atoms with van der Waals surface area (Å²) in [5.74, 6) is -0.571. The van der Waals surface area contributed by atoms with Crippen LogP contribution in [0.15, 0.2) is 78.5 Å². The lowest BCUT2D eigenvalue weighted by Gasteiger charge is -2.18. The molecule has 180 valence electrons. The monoisotopic (exact) mass is 482 g/mol. The number of hydrogen-bond donors (Lipinski definition) is 1. The minimum Gasteiger partial charge on any atom is -0.368 e. The molecule has 8 heteroatoms. The molecule has 1 heterocycles. The third-order valence-corrected chi connectivity index (χ3v) is 5.99. The average Bonchev–Trinajstić information content (AvgIpc) is 3.25. The Morgan fingerprint density at radius 3 is 2.62 bits per heavy atom. The Morgan fingerprint density at radius 1 is 1.24 bits per heavy atom. The van der Waals surface area contributed by atoms with Crippen molar-refractivity contribution in [2.45, 2.75) is 32.9 Å². The summed E-state index contributed by atoms with van der Waals surface area (Å²) >= 11 is 0. The number of ether oxygens (including phenoxy) is 1. The molecule has 7 nitrogen and oxygen atoms in total. The predicted octanol–water partition coefficient (Wildman–Crippen LogP) is 3.57. The molecule has 0 radical (unpaired) electrons. The van der Waals surface area contributed by atoms with E-state index in [1.807, 2.05) is 83.1 Å². The SMILES string of the molecule is Cc1ccc(C(=O)c2cccn2C/C=C/C2=CCC(CO[C@H](C)C(=O)NS(C)(=O)=O)C=C2)cc1. The molecule has 0 spiro atoms. The summed E-state index contributed by atoms with van der Waals surface area (Å²) in [7, 11) is -3.60. The number of ketones is 1. The summed E-state index contributed by atoms with van der Waals surface area (Å²) in [6.07, 6.45) is 12.8. The van der Waals surface area contributed by atoms with Crippen molar-refractivity contribution in [2.75, 3.05) is 12.9 Å². The van der Waals surface area contributed by atoms with Crippen LogP contribution in [0, 0.1) is 12.8 Å². The second-order valence-electron chi connectivity index (χ2n) is 8.42. The Kier molecular flexibility index (Phi) is 8.41. The molecule has 1 unspecified atom stereocenters. The quantitative estimate of drug-likeness (QED) is 0.523. The van der Waals surface area contributed by atoms with Crippen molar-refractivity contribution >= 4 is 21.7 Å². The Bertz CT molecular complexity index is 1220. The molecule has 1 aromatic heterocycles. The van der Waals surface area contributed by atoms with Crippen LogP contribution < -0.4 is 4.72 Å². The van der Waals surface area contributed by atoms with Gasteiger partial charge >= 0.3 is 0 Å². The van der Waals surface area contributed by atoms with Crippen LogP contribution in [0.5, 0.6) is 0 Å². The van der Waals surface area contributed by atoms with Gasteiger partial charge in [0, 0.05) is 24.2 Å². The van der Waals surface area contributed by atoms with Crippen LogP contribution in [0.1, 0.15) is 35.0 Å². The molecule has 1 aromatic carbocycles. The number of aromatic nitrogens is 1. The first-order valence-electron chi connectivity index (χ1n) is 11.1. The van der Waals surface area contributed by atoms with Gasteiger partial charge in [-0.25, -0.2) is 8.42 Å². The van der Waals surface area contributed by atoms with Gasteiger partial charge in [-0.1, -0.05) is 60.2 Å². The van der Waals surface area contributed by atoms with Gasteiger partial charge in [-0.15, -0.1) is 0 Å². The van der Waals surface area contributed by atoms with Crippen LogP contribution in [-0.4, -0.2) is 43.6 Å². The van der Waals surface area contributed by atoms with Crippen molar-refractivity contribution in [1.82, 2.24) is 9.29 Å². The summed E-state index contributed by atoms with van der Waals surface area (Å²) in [6.45, 7) is 4.41. The van der Waals surface area contributed by atoms with Gasteiger partial charge in [0.25, 0.3) is 5.91 Å². The Hall–Kier alpha value is -3.23. The first-order chi connectivity index (χ1) is 16.1. The summed E-state index contributed by atoms with van der Waals surface area (Å²) in [6, 6.07) is 11.3. The molecule has 34 heavy (non-hydrogen) atoms. The van der Waals surface area contributed by atoms with Crippen molar-refractivity contribution in [3.05, 3.63) is 95.4 Å². The Balaban J connectivity index is 1.49. The number of carbonyl (C=O) groups is 2. The largest absolute Gasteiger partial charge is 0.368 e. The van der Waals surface area contributed by atoms with Crippen LogP contribution in [0.4, 0.5) is 0 Å². The highest BCUT2D eigenvalue weighted by molar-refractivity contribution is 7.89. The fraction of sp³-hybridized carbons (Fsp3) is 0.308. The van der Waals surface area contributed by atoms with Crippen LogP contribution in [-0.2, 0) is 26.1 Å². The zero-order valence-electron chi connectivity index (χ0n) is 19.6. The molecule has 1 aliphatic rings. The maximum atomic E-state index is 12.8. The van der Waals surface area contributed by atoms with E-state index in [1.165, 1.54) is 6.92 Å². The smallest absolute Gasteiger partial charge is 0.262 e. The van der Waals surface area contributed by atoms with E-state index in [0.717, 1.165) is 23.8 Å². The van der Waals surface area contributed by atoms with E-state index >= 15 is 0 Å². The van der Waals surface area contributed by atoms with E-state index in [2.05, 4.69) is 6.08 Å². The summed E-state index contributed by atoms with van der Waals surface area (Å²) in [4.78, 5) is 24.6. The van der Waals surface area contributed by atoms with E-state index in [0.29, 0.717) is 24.4 Å². The van der Waals surface area contributed by atoms with Gasteiger partial charge in [-0.2, -0.15) is 0 Å². The van der Waals surface area contributed by atoms with E-state index in [1.54, 1.807) is 0 Å². The normalized spacial score (nSPS) is 16.9. The summed E-state index contributed by atoms with van der Waals surface area (Å²) in [5.41, 5.74) is 3.49. The lowest BCUT2D eigenvalue weighted by molar-refractivity contribution is -0.130. The molecule has 2 aromatic rings. The molecule has 0 aliphatic heterocycles. The van der Waals surface area contributed by atoms with Gasteiger partial charge in [0.1, 0.15) is 6.10 Å². The maximum absolute atomic E-state index is 12.8. The van der Waals surface area contributed by atoms with E-state index < -0.39 is 22.0 Å². The number of carbonyl (C=O) groups excluding carboxylic acids is 2. The standard InChI is InChI=1S/C26H30N2O5S/c1-19-8-14-23(15-9-19)25(29)24-7-5-17-28(24)16-4-6-21-10-12-22(13-11-21)18-33-20(2)26(30)27-34(3,31)32/h4-12,14-15,17,20,22H,13,16,18H2,1-3H3,(H,27,30)/b6-4+/t20-,22?/m1/s1. The highest BCUT2D eigenvalue weighted by Gasteiger charge is 2.19. The molecule has 0 saturated carbocycles. The third kappa shape index (κ3) is 7.40. The van der Waals surface area contributed by atoms with Crippen LogP contribution in [0.3, 0.4) is 0 Å². The molecular formula is C26H30N2O5S. The first-order valence-corrected chi connectivity index (χ1v) is 13.0. The van der Waals surface area contributed by atoms with Crippen molar-refractivity contribution in [2.24, 2.45) is 5.92 Å². The third-order valence-electron chi connectivity index (χ3n) is 5.42. The van der Waals surface area contributed by atoms with Crippen molar-refractivity contribution in [3.8, 4) is 0 Å². The lowest BCUT2D eigenvalue weighted by atomic mass is 9.97. The first kappa shape index (κ1) is 25.4. The topological polar surface area (TPSA) is 94.5 Å². The number of hydrogen-bond acceptors (Lipinski definition) is 5.